The van der Waals surface area contributed by atoms with Crippen LogP contribution in [0.15, 0.2) is 41.8 Å². The minimum atomic E-state index is -0.979. The van der Waals surface area contributed by atoms with Gasteiger partial charge < -0.3 is 19.5 Å². The molecule has 1 fully saturated rings. The summed E-state index contributed by atoms with van der Waals surface area (Å²) in [5, 5.41) is 5.29. The van der Waals surface area contributed by atoms with E-state index in [2.05, 4.69) is 5.32 Å². The summed E-state index contributed by atoms with van der Waals surface area (Å²) >= 11 is 1.62. The van der Waals surface area contributed by atoms with Crippen LogP contribution in [-0.2, 0) is 17.9 Å². The number of ether oxygens (including phenoxy) is 1. The van der Waals surface area contributed by atoms with Crippen LogP contribution in [0, 0.1) is 0 Å². The second-order valence-electron chi connectivity index (χ2n) is 9.72. The van der Waals surface area contributed by atoms with Gasteiger partial charge in [-0.3, -0.25) is 9.59 Å². The molecule has 2 aromatic heterocycles. The van der Waals surface area contributed by atoms with Gasteiger partial charge in [-0.1, -0.05) is 25.0 Å². The zero-order valence-electron chi connectivity index (χ0n) is 19.5. The highest BCUT2D eigenvalue weighted by Crippen LogP contribution is 2.35. The molecule has 174 valence electrons. The van der Waals surface area contributed by atoms with Gasteiger partial charge in [-0.05, 0) is 68.8 Å². The molecule has 7 heteroatoms. The molecule has 2 aliphatic rings. The Kier molecular flexibility index (Phi) is 5.69. The van der Waals surface area contributed by atoms with Gasteiger partial charge in [0.15, 0.2) is 0 Å². The maximum atomic E-state index is 13.8. The zero-order valence-corrected chi connectivity index (χ0v) is 20.3. The molecule has 33 heavy (non-hydrogen) atoms. The van der Waals surface area contributed by atoms with Crippen LogP contribution in [0.3, 0.4) is 0 Å². The van der Waals surface area contributed by atoms with Gasteiger partial charge in [-0.15, -0.1) is 11.3 Å². The molecule has 2 amide bonds. The van der Waals surface area contributed by atoms with Crippen molar-refractivity contribution < 1.29 is 14.3 Å². The Morgan fingerprint density at radius 1 is 1.21 bits per heavy atom. The number of amides is 2. The van der Waals surface area contributed by atoms with E-state index in [0.717, 1.165) is 47.2 Å². The van der Waals surface area contributed by atoms with Gasteiger partial charge >= 0.3 is 0 Å². The van der Waals surface area contributed by atoms with Gasteiger partial charge in [0, 0.05) is 12.6 Å². The monoisotopic (exact) mass is 465 g/mol. The van der Waals surface area contributed by atoms with Crippen molar-refractivity contribution in [3.05, 3.63) is 53.0 Å². The highest BCUT2D eigenvalue weighted by atomic mass is 32.1. The average Bonchev–Trinajstić information content (AvgIpc) is 3.51. The molecule has 0 saturated heterocycles. The average molecular weight is 466 g/mol. The van der Waals surface area contributed by atoms with Crippen molar-refractivity contribution in [1.82, 2.24) is 14.8 Å². The van der Waals surface area contributed by atoms with Crippen molar-refractivity contribution in [1.29, 1.82) is 0 Å². The smallest absolute Gasteiger partial charge is 0.271 e. The molecule has 0 spiro atoms. The quantitative estimate of drug-likeness (QED) is 0.559. The second kappa shape index (κ2) is 8.52. The fourth-order valence-electron chi connectivity index (χ4n) is 5.06. The summed E-state index contributed by atoms with van der Waals surface area (Å²) in [5.41, 5.74) is 1.68. The molecule has 1 aromatic carbocycles. The van der Waals surface area contributed by atoms with Crippen LogP contribution in [0.25, 0.3) is 10.2 Å². The fraction of sp³-hybridized carbons (Fsp3) is 0.462. The number of aromatic nitrogens is 1. The van der Waals surface area contributed by atoms with E-state index < -0.39 is 5.54 Å². The molecular weight excluding hydrogens is 434 g/mol. The maximum Gasteiger partial charge on any atom is 0.271 e. The summed E-state index contributed by atoms with van der Waals surface area (Å²) in [7, 11) is 0. The number of thiophene rings is 1. The van der Waals surface area contributed by atoms with Crippen LogP contribution in [0.4, 0.5) is 0 Å². The number of carbonyl (C=O) groups is 2. The lowest BCUT2D eigenvalue weighted by Crippen LogP contribution is -2.64. The summed E-state index contributed by atoms with van der Waals surface area (Å²) in [6.07, 6.45) is 4.41. The predicted octanol–water partition coefficient (Wildman–Crippen LogP) is 4.96. The van der Waals surface area contributed by atoms with Gasteiger partial charge in [-0.2, -0.15) is 0 Å². The van der Waals surface area contributed by atoms with Crippen molar-refractivity contribution in [2.75, 3.05) is 0 Å². The minimum Gasteiger partial charge on any atom is -0.491 e. The lowest BCUT2D eigenvalue weighted by molar-refractivity contribution is -0.133. The van der Waals surface area contributed by atoms with Crippen molar-refractivity contribution >= 4 is 33.4 Å². The largest absolute Gasteiger partial charge is 0.491 e. The first-order chi connectivity index (χ1) is 15.8. The molecule has 1 unspecified atom stereocenters. The molecule has 5 rings (SSSR count). The van der Waals surface area contributed by atoms with E-state index in [4.69, 9.17) is 4.74 Å². The van der Waals surface area contributed by atoms with Crippen molar-refractivity contribution in [2.45, 2.75) is 77.2 Å². The van der Waals surface area contributed by atoms with Gasteiger partial charge in [0.25, 0.3) is 5.91 Å². The number of hydrogen-bond donors (Lipinski definition) is 1. The zero-order chi connectivity index (χ0) is 23.2. The van der Waals surface area contributed by atoms with Crippen LogP contribution >= 0.6 is 11.3 Å². The van der Waals surface area contributed by atoms with E-state index in [-0.39, 0.29) is 24.0 Å². The van der Waals surface area contributed by atoms with Crippen molar-refractivity contribution in [2.24, 2.45) is 0 Å². The number of benzene rings is 1. The summed E-state index contributed by atoms with van der Waals surface area (Å²) in [6.45, 7) is 6.71. The molecule has 0 radical (unpaired) electrons. The summed E-state index contributed by atoms with van der Waals surface area (Å²) in [4.78, 5) is 29.2. The number of rotatable bonds is 6. The molecule has 1 atom stereocenters. The topological polar surface area (TPSA) is 63.6 Å². The molecule has 3 aromatic rings. The van der Waals surface area contributed by atoms with Crippen LogP contribution in [0.2, 0.25) is 0 Å². The third-order valence-corrected chi connectivity index (χ3v) is 7.72. The van der Waals surface area contributed by atoms with E-state index in [1.54, 1.807) is 16.2 Å². The van der Waals surface area contributed by atoms with Gasteiger partial charge in [0.1, 0.15) is 17.0 Å². The first kappa shape index (κ1) is 22.0. The van der Waals surface area contributed by atoms with Gasteiger partial charge in [-0.25, -0.2) is 0 Å². The third kappa shape index (κ3) is 4.03. The van der Waals surface area contributed by atoms with E-state index in [1.165, 1.54) is 0 Å². The highest BCUT2D eigenvalue weighted by molar-refractivity contribution is 7.17. The molecule has 3 heterocycles. The Morgan fingerprint density at radius 3 is 2.64 bits per heavy atom. The summed E-state index contributed by atoms with van der Waals surface area (Å²) in [6, 6.07) is 12.0. The number of nitrogens with one attached hydrogen (secondary N) is 1. The molecular formula is C26H31N3O3S. The maximum absolute atomic E-state index is 13.8. The van der Waals surface area contributed by atoms with Gasteiger partial charge in [0.05, 0.1) is 22.9 Å². The van der Waals surface area contributed by atoms with Crippen LogP contribution in [-0.4, -0.2) is 39.0 Å². The van der Waals surface area contributed by atoms with Crippen molar-refractivity contribution in [3.63, 3.8) is 0 Å². The number of hydrogen-bond acceptors (Lipinski definition) is 4. The Labute approximate surface area is 198 Å². The molecule has 1 aliphatic heterocycles. The number of carbonyl (C=O) groups excluding carboxylic acids is 2. The molecule has 1 aliphatic carbocycles. The van der Waals surface area contributed by atoms with Crippen LogP contribution < -0.4 is 10.1 Å². The number of fused-ring (bicyclic) bond motifs is 3. The lowest BCUT2D eigenvalue weighted by Gasteiger charge is -2.44. The summed E-state index contributed by atoms with van der Waals surface area (Å²) < 4.78 is 8.86. The lowest BCUT2D eigenvalue weighted by atomic mass is 9.93. The predicted molar refractivity (Wildman–Crippen MR) is 131 cm³/mol. The molecule has 1 saturated carbocycles. The van der Waals surface area contributed by atoms with E-state index in [0.29, 0.717) is 18.8 Å². The van der Waals surface area contributed by atoms with Crippen molar-refractivity contribution in [3.8, 4) is 5.75 Å². The molecule has 6 nitrogen and oxygen atoms in total. The fourth-order valence-corrected chi connectivity index (χ4v) is 5.88. The van der Waals surface area contributed by atoms with Crippen LogP contribution in [0.1, 0.15) is 62.5 Å². The number of nitrogens with zero attached hydrogens (tertiary/aromatic N) is 2. The van der Waals surface area contributed by atoms with Gasteiger partial charge in [0.2, 0.25) is 5.91 Å². The Hall–Kier alpha value is -2.80. The van der Waals surface area contributed by atoms with E-state index in [1.807, 2.05) is 67.1 Å². The molecule has 0 bridgehead atoms. The third-order valence-electron chi connectivity index (χ3n) is 6.86. The second-order valence-corrected chi connectivity index (χ2v) is 10.7. The normalized spacial score (nSPS) is 21.1. The summed E-state index contributed by atoms with van der Waals surface area (Å²) in [5.74, 6) is 0.635. The van der Waals surface area contributed by atoms with Crippen LogP contribution in [0.5, 0.6) is 5.75 Å². The minimum absolute atomic E-state index is 0.0646. The first-order valence-electron chi connectivity index (χ1n) is 11.8. The van der Waals surface area contributed by atoms with E-state index >= 15 is 0 Å². The first-order valence-corrected chi connectivity index (χ1v) is 12.7. The van der Waals surface area contributed by atoms with E-state index in [9.17, 15) is 9.59 Å². The Balaban J connectivity index is 1.48. The highest BCUT2D eigenvalue weighted by Gasteiger charge is 2.48. The Bertz CT molecular complexity index is 1170. The SMILES string of the molecule is CC(C)Oc1ccc(CN2C(=O)c3cc4sccc4n3CC2(C)C(=O)NC2CCCC2)cc1. The molecule has 1 N–H and O–H groups in total. The standard InChI is InChI=1S/C26H31N3O3S/c1-17(2)32-20-10-8-18(9-11-20)15-29-24(30)22-14-23-21(12-13-33-23)28(22)16-26(29,3)25(31)27-19-6-4-5-7-19/h8-14,17,19H,4-7,15-16H2,1-3H3,(H,27,31). The Morgan fingerprint density at radius 2 is 1.94 bits per heavy atom.